The summed E-state index contributed by atoms with van der Waals surface area (Å²) >= 11 is 3.32. The lowest BCUT2D eigenvalue weighted by Gasteiger charge is -2.48. The number of carbonyl (C=O) groups is 1. The Morgan fingerprint density at radius 2 is 2.32 bits per heavy atom. The third-order valence-corrected chi connectivity index (χ3v) is 4.70. The molecule has 1 spiro atoms. The lowest BCUT2D eigenvalue weighted by molar-refractivity contribution is 0.0848. The van der Waals surface area contributed by atoms with Gasteiger partial charge in [0.2, 0.25) is 0 Å². The second kappa shape index (κ2) is 5.21. The van der Waals surface area contributed by atoms with E-state index in [1.54, 1.807) is 12.3 Å². The minimum absolute atomic E-state index is 0.0612. The van der Waals surface area contributed by atoms with E-state index in [2.05, 4.69) is 31.5 Å². The molecule has 0 radical (unpaired) electrons. The Morgan fingerprint density at radius 3 is 2.95 bits per heavy atom. The molecule has 3 rings (SSSR count). The maximum absolute atomic E-state index is 12.1. The van der Waals surface area contributed by atoms with Crippen LogP contribution in [0.15, 0.2) is 22.8 Å². The summed E-state index contributed by atoms with van der Waals surface area (Å²) < 4.78 is 0.888. The van der Waals surface area contributed by atoms with Crippen molar-refractivity contribution in [1.29, 1.82) is 0 Å². The van der Waals surface area contributed by atoms with Gasteiger partial charge in [0.25, 0.3) is 5.91 Å². The largest absolute Gasteiger partial charge is 0.348 e. The van der Waals surface area contributed by atoms with Crippen LogP contribution in [0.25, 0.3) is 0 Å². The Bertz CT molecular complexity index is 470. The highest BCUT2D eigenvalue weighted by Gasteiger charge is 2.41. The van der Waals surface area contributed by atoms with Gasteiger partial charge in [-0.3, -0.25) is 4.79 Å². The van der Waals surface area contributed by atoms with Crippen LogP contribution in [0.1, 0.15) is 42.6 Å². The van der Waals surface area contributed by atoms with Gasteiger partial charge < -0.3 is 10.6 Å². The van der Waals surface area contributed by atoms with Gasteiger partial charge in [0.1, 0.15) is 5.69 Å². The lowest BCUT2D eigenvalue weighted by Crippen LogP contribution is -2.59. The number of halogens is 1. The lowest BCUT2D eigenvalue weighted by atomic mass is 9.70. The van der Waals surface area contributed by atoms with E-state index in [9.17, 15) is 4.79 Å². The predicted molar refractivity (Wildman–Crippen MR) is 77.0 cm³/mol. The van der Waals surface area contributed by atoms with Crippen molar-refractivity contribution < 1.29 is 4.79 Å². The molecular weight excluding hydrogens is 306 g/mol. The summed E-state index contributed by atoms with van der Waals surface area (Å²) in [6.07, 6.45) is 7.51. The molecule has 1 amide bonds. The highest BCUT2D eigenvalue weighted by molar-refractivity contribution is 9.10. The second-order valence-corrected chi connectivity index (χ2v) is 6.50. The van der Waals surface area contributed by atoms with Crippen LogP contribution in [0.5, 0.6) is 0 Å². The van der Waals surface area contributed by atoms with Crippen LogP contribution in [-0.4, -0.2) is 29.0 Å². The Labute approximate surface area is 121 Å². The molecule has 19 heavy (non-hydrogen) atoms. The van der Waals surface area contributed by atoms with Crippen LogP contribution < -0.4 is 10.6 Å². The van der Waals surface area contributed by atoms with Gasteiger partial charge in [0.05, 0.1) is 0 Å². The van der Waals surface area contributed by atoms with E-state index in [4.69, 9.17) is 0 Å². The molecule has 1 atom stereocenters. The van der Waals surface area contributed by atoms with Gasteiger partial charge >= 0.3 is 0 Å². The maximum atomic E-state index is 12.1. The molecule has 1 aromatic heterocycles. The van der Waals surface area contributed by atoms with Crippen molar-refractivity contribution in [2.45, 2.75) is 43.7 Å². The van der Waals surface area contributed by atoms with E-state index in [1.165, 1.54) is 19.3 Å². The number of nitrogens with zero attached hydrogens (tertiary/aromatic N) is 1. The molecule has 4 nitrogen and oxygen atoms in total. The van der Waals surface area contributed by atoms with E-state index in [0.29, 0.717) is 11.2 Å². The predicted octanol–water partition coefficient (Wildman–Crippen LogP) is 2.25. The summed E-state index contributed by atoms with van der Waals surface area (Å²) in [5.41, 5.74) is 0.799. The van der Waals surface area contributed by atoms with E-state index in [-0.39, 0.29) is 11.9 Å². The molecule has 0 aromatic carbocycles. The number of hydrogen-bond acceptors (Lipinski definition) is 3. The summed E-state index contributed by atoms with van der Waals surface area (Å²) in [7, 11) is 0. The summed E-state index contributed by atoms with van der Waals surface area (Å²) in [5, 5.41) is 6.73. The Balaban J connectivity index is 1.61. The molecule has 2 aliphatic rings. The smallest absolute Gasteiger partial charge is 0.270 e. The van der Waals surface area contributed by atoms with Gasteiger partial charge in [0.15, 0.2) is 0 Å². The monoisotopic (exact) mass is 323 g/mol. The van der Waals surface area contributed by atoms with Gasteiger partial charge in [-0.05, 0) is 66.7 Å². The van der Waals surface area contributed by atoms with Crippen molar-refractivity contribution in [2.75, 3.05) is 6.54 Å². The average molecular weight is 324 g/mol. The van der Waals surface area contributed by atoms with Gasteiger partial charge in [0, 0.05) is 22.3 Å². The molecule has 5 heteroatoms. The molecule has 2 N–H and O–H groups in total. The number of pyridine rings is 1. The summed E-state index contributed by atoms with van der Waals surface area (Å²) in [6.45, 7) is 0.999. The zero-order valence-corrected chi connectivity index (χ0v) is 12.4. The average Bonchev–Trinajstić information content (AvgIpc) is 2.38. The molecule has 2 heterocycles. The standard InChI is InChI=1S/C14H18BrN3O/c15-10-2-3-12(16-9-10)13(19)18-11-4-7-17-14(8-11)5-1-6-14/h2-3,9,11,17H,1,4-8H2,(H,18,19). The van der Waals surface area contributed by atoms with Crippen molar-refractivity contribution in [3.05, 3.63) is 28.5 Å². The molecule has 1 unspecified atom stereocenters. The van der Waals surface area contributed by atoms with E-state index >= 15 is 0 Å². The number of piperidine rings is 1. The van der Waals surface area contributed by atoms with Crippen molar-refractivity contribution in [2.24, 2.45) is 0 Å². The fourth-order valence-electron chi connectivity index (χ4n) is 3.03. The third-order valence-electron chi connectivity index (χ3n) is 4.24. The highest BCUT2D eigenvalue weighted by atomic mass is 79.9. The highest BCUT2D eigenvalue weighted by Crippen LogP contribution is 2.38. The molecule has 102 valence electrons. The van der Waals surface area contributed by atoms with Gasteiger partial charge in [-0.1, -0.05) is 0 Å². The Morgan fingerprint density at radius 1 is 1.47 bits per heavy atom. The number of amides is 1. The summed E-state index contributed by atoms with van der Waals surface area (Å²) in [6, 6.07) is 3.87. The van der Waals surface area contributed by atoms with Crippen LogP contribution >= 0.6 is 15.9 Å². The topological polar surface area (TPSA) is 54.0 Å². The number of rotatable bonds is 2. The first-order chi connectivity index (χ1) is 9.17. The fourth-order valence-corrected chi connectivity index (χ4v) is 3.27. The van der Waals surface area contributed by atoms with Gasteiger partial charge in [-0.25, -0.2) is 4.98 Å². The van der Waals surface area contributed by atoms with Gasteiger partial charge in [-0.15, -0.1) is 0 Å². The number of aromatic nitrogens is 1. The zero-order chi connectivity index (χ0) is 13.3. The summed E-state index contributed by atoms with van der Waals surface area (Å²) in [4.78, 5) is 16.3. The molecule has 0 bridgehead atoms. The third kappa shape index (κ3) is 2.82. The molecule has 2 fully saturated rings. The van der Waals surface area contributed by atoms with Crippen molar-refractivity contribution in [3.8, 4) is 0 Å². The molecule has 1 aromatic rings. The fraction of sp³-hybridized carbons (Fsp3) is 0.571. The minimum atomic E-state index is -0.0612. The van der Waals surface area contributed by atoms with E-state index < -0.39 is 0 Å². The van der Waals surface area contributed by atoms with Crippen molar-refractivity contribution >= 4 is 21.8 Å². The number of hydrogen-bond donors (Lipinski definition) is 2. The Hall–Kier alpha value is -0.940. The number of carbonyl (C=O) groups excluding carboxylic acids is 1. The van der Waals surface area contributed by atoms with Crippen LogP contribution in [0.4, 0.5) is 0 Å². The van der Waals surface area contributed by atoms with Crippen LogP contribution in [0.3, 0.4) is 0 Å². The van der Waals surface area contributed by atoms with Crippen LogP contribution in [-0.2, 0) is 0 Å². The second-order valence-electron chi connectivity index (χ2n) is 5.59. The molecule has 1 aliphatic heterocycles. The molecule has 1 aliphatic carbocycles. The first-order valence-electron chi connectivity index (χ1n) is 6.84. The Kier molecular flexibility index (Phi) is 3.58. The summed E-state index contributed by atoms with van der Waals surface area (Å²) in [5.74, 6) is -0.0612. The quantitative estimate of drug-likeness (QED) is 0.877. The molecular formula is C14H18BrN3O. The molecule has 1 saturated heterocycles. The molecule has 1 saturated carbocycles. The maximum Gasteiger partial charge on any atom is 0.270 e. The van der Waals surface area contributed by atoms with Crippen molar-refractivity contribution in [3.63, 3.8) is 0 Å². The first kappa shape index (κ1) is 13.1. The SMILES string of the molecule is O=C(NC1CCNC2(CCC2)C1)c1ccc(Br)cn1. The minimum Gasteiger partial charge on any atom is -0.348 e. The van der Waals surface area contributed by atoms with Crippen molar-refractivity contribution in [1.82, 2.24) is 15.6 Å². The normalized spacial score (nSPS) is 24.8. The number of nitrogens with one attached hydrogen (secondary N) is 2. The zero-order valence-electron chi connectivity index (χ0n) is 10.8. The first-order valence-corrected chi connectivity index (χ1v) is 7.64. The van der Waals surface area contributed by atoms with Gasteiger partial charge in [-0.2, -0.15) is 0 Å². The van der Waals surface area contributed by atoms with E-state index in [1.807, 2.05) is 6.07 Å². The van der Waals surface area contributed by atoms with Crippen LogP contribution in [0.2, 0.25) is 0 Å². The van der Waals surface area contributed by atoms with E-state index in [0.717, 1.165) is 23.9 Å². The van der Waals surface area contributed by atoms with Crippen LogP contribution in [0, 0.1) is 0 Å².